The summed E-state index contributed by atoms with van der Waals surface area (Å²) in [7, 11) is 1.64. The largest absolute Gasteiger partial charge is 0.493 e. The van der Waals surface area contributed by atoms with E-state index in [0.717, 1.165) is 44.1 Å². The van der Waals surface area contributed by atoms with Gasteiger partial charge in [0.05, 0.1) is 13.5 Å². The lowest BCUT2D eigenvalue weighted by Gasteiger charge is -2.51. The van der Waals surface area contributed by atoms with Crippen LogP contribution in [0.4, 0.5) is 0 Å². The van der Waals surface area contributed by atoms with Crippen LogP contribution in [0.2, 0.25) is 0 Å². The summed E-state index contributed by atoms with van der Waals surface area (Å²) in [4.78, 5) is 24.9. The van der Waals surface area contributed by atoms with Gasteiger partial charge in [0.25, 0.3) is 0 Å². The average molecular weight is 510 g/mol. The van der Waals surface area contributed by atoms with E-state index in [-0.39, 0.29) is 29.8 Å². The Morgan fingerprint density at radius 3 is 2.64 bits per heavy atom. The molecule has 0 aliphatic heterocycles. The van der Waals surface area contributed by atoms with Crippen LogP contribution in [0, 0.1) is 17.3 Å². The number of carbonyl (C=O) groups is 2. The van der Waals surface area contributed by atoms with Crippen molar-refractivity contribution in [2.24, 2.45) is 17.3 Å². The number of fused-ring (bicyclic) bond motifs is 5. The second-order valence-electron chi connectivity index (χ2n) is 10.9. The highest BCUT2D eigenvalue weighted by molar-refractivity contribution is 6.18. The van der Waals surface area contributed by atoms with Crippen molar-refractivity contribution in [3.63, 3.8) is 0 Å². The fraction of sp³-hybridized carbons (Fsp3) is 0.533. The zero-order valence-corrected chi connectivity index (χ0v) is 22.0. The van der Waals surface area contributed by atoms with E-state index in [1.165, 1.54) is 11.1 Å². The van der Waals surface area contributed by atoms with Crippen LogP contribution in [0.25, 0.3) is 0 Å². The number of alkyl halides is 1. The number of methoxy groups -OCH3 is 1. The van der Waals surface area contributed by atoms with Gasteiger partial charge in [0.2, 0.25) is 5.91 Å². The van der Waals surface area contributed by atoms with Crippen molar-refractivity contribution in [1.29, 1.82) is 0 Å². The molecule has 0 heterocycles. The van der Waals surface area contributed by atoms with E-state index in [1.807, 2.05) is 36.4 Å². The summed E-state index contributed by atoms with van der Waals surface area (Å²) in [6.45, 7) is 2.39. The molecule has 5 nitrogen and oxygen atoms in total. The summed E-state index contributed by atoms with van der Waals surface area (Å²) in [5.41, 5.74) is 3.69. The topological polar surface area (TPSA) is 64.6 Å². The molecular formula is C30H36ClNO4. The molecule has 36 heavy (non-hydrogen) atoms. The highest BCUT2D eigenvalue weighted by Crippen LogP contribution is 2.61. The van der Waals surface area contributed by atoms with Crippen LogP contribution in [0.3, 0.4) is 0 Å². The monoisotopic (exact) mass is 509 g/mol. The van der Waals surface area contributed by atoms with Crippen LogP contribution in [-0.2, 0) is 22.4 Å². The van der Waals surface area contributed by atoms with Crippen LogP contribution in [0.1, 0.15) is 68.1 Å². The number of carbonyl (C=O) groups excluding carboxylic acids is 2. The molecule has 3 aliphatic carbocycles. The standard InChI is InChI=1S/C30H36ClNO4/c1-30-14-12-21-22(24(30)10-11-27(30)32-28(33)13-15-31)9-8-20-17-26(25(35-2)18-23(20)21)36-29(34)16-19-6-4-3-5-7-19/h3-7,17-18,21-22,24,27H,8-16H2,1-2H3,(H,32,33)/t21?,22?,24?,27-,30-/m0/s1. The Kier molecular flexibility index (Phi) is 7.30. The first kappa shape index (κ1) is 25.1. The fourth-order valence-electron chi connectivity index (χ4n) is 7.33. The van der Waals surface area contributed by atoms with Crippen molar-refractivity contribution >= 4 is 23.5 Å². The summed E-state index contributed by atoms with van der Waals surface area (Å²) in [5, 5.41) is 3.30. The molecule has 192 valence electrons. The third kappa shape index (κ3) is 4.74. The van der Waals surface area contributed by atoms with Crippen LogP contribution in [0.15, 0.2) is 42.5 Å². The predicted octanol–water partition coefficient (Wildman–Crippen LogP) is 5.81. The normalized spacial score (nSPS) is 28.4. The molecule has 0 aromatic heterocycles. The lowest BCUT2D eigenvalue weighted by molar-refractivity contribution is -0.133. The second kappa shape index (κ2) is 10.5. The van der Waals surface area contributed by atoms with Gasteiger partial charge in [-0.1, -0.05) is 37.3 Å². The maximum absolute atomic E-state index is 12.6. The van der Waals surface area contributed by atoms with Gasteiger partial charge in [-0.2, -0.15) is 0 Å². The Bertz CT molecular complexity index is 1120. The molecular weight excluding hydrogens is 474 g/mol. The van der Waals surface area contributed by atoms with Gasteiger partial charge < -0.3 is 14.8 Å². The quantitative estimate of drug-likeness (QED) is 0.290. The van der Waals surface area contributed by atoms with Crippen LogP contribution in [0.5, 0.6) is 11.5 Å². The van der Waals surface area contributed by atoms with Gasteiger partial charge in [-0.15, -0.1) is 11.6 Å². The Morgan fingerprint density at radius 1 is 1.08 bits per heavy atom. The number of rotatable bonds is 7. The van der Waals surface area contributed by atoms with Gasteiger partial charge in [-0.3, -0.25) is 9.59 Å². The van der Waals surface area contributed by atoms with Crippen molar-refractivity contribution in [2.45, 2.75) is 70.3 Å². The summed E-state index contributed by atoms with van der Waals surface area (Å²) in [5.74, 6) is 2.98. The molecule has 2 aromatic carbocycles. The molecule has 3 unspecified atom stereocenters. The van der Waals surface area contributed by atoms with E-state index in [2.05, 4.69) is 18.3 Å². The second-order valence-corrected chi connectivity index (χ2v) is 11.3. The van der Waals surface area contributed by atoms with Crippen molar-refractivity contribution in [2.75, 3.05) is 13.0 Å². The molecule has 6 heteroatoms. The van der Waals surface area contributed by atoms with Crippen LogP contribution >= 0.6 is 11.6 Å². The molecule has 3 aliphatic rings. The van der Waals surface area contributed by atoms with Crippen molar-refractivity contribution in [1.82, 2.24) is 5.32 Å². The van der Waals surface area contributed by atoms with Gasteiger partial charge in [-0.25, -0.2) is 0 Å². The molecule has 2 saturated carbocycles. The fourth-order valence-corrected chi connectivity index (χ4v) is 7.50. The first-order valence-electron chi connectivity index (χ1n) is 13.2. The highest BCUT2D eigenvalue weighted by Gasteiger charge is 2.55. The molecule has 5 atom stereocenters. The zero-order chi connectivity index (χ0) is 25.3. The molecule has 0 saturated heterocycles. The van der Waals surface area contributed by atoms with E-state index < -0.39 is 0 Å². The Hall–Kier alpha value is -2.53. The van der Waals surface area contributed by atoms with Gasteiger partial charge in [0, 0.05) is 18.3 Å². The Morgan fingerprint density at radius 2 is 1.89 bits per heavy atom. The average Bonchev–Trinajstić information content (AvgIpc) is 3.20. The highest BCUT2D eigenvalue weighted by atomic mass is 35.5. The number of hydrogen-bond donors (Lipinski definition) is 1. The third-order valence-electron chi connectivity index (χ3n) is 9.08. The lowest BCUT2D eigenvalue weighted by atomic mass is 9.55. The molecule has 0 spiro atoms. The molecule has 0 bridgehead atoms. The minimum atomic E-state index is -0.283. The number of hydrogen-bond acceptors (Lipinski definition) is 4. The van der Waals surface area contributed by atoms with Gasteiger partial charge >= 0.3 is 5.97 Å². The van der Waals surface area contributed by atoms with E-state index >= 15 is 0 Å². The summed E-state index contributed by atoms with van der Waals surface area (Å²) in [6, 6.07) is 14.0. The van der Waals surface area contributed by atoms with Crippen molar-refractivity contribution in [3.05, 3.63) is 59.2 Å². The van der Waals surface area contributed by atoms with Gasteiger partial charge in [0.15, 0.2) is 11.5 Å². The minimum Gasteiger partial charge on any atom is -0.493 e. The Labute approximate surface area is 218 Å². The summed E-state index contributed by atoms with van der Waals surface area (Å²) >= 11 is 5.79. The number of esters is 1. The molecule has 2 aromatic rings. The van der Waals surface area contributed by atoms with Gasteiger partial charge in [-0.05, 0) is 90.5 Å². The maximum atomic E-state index is 12.6. The number of halogens is 1. The smallest absolute Gasteiger partial charge is 0.315 e. The molecule has 1 N–H and O–H groups in total. The number of benzene rings is 2. The number of nitrogens with one attached hydrogen (secondary N) is 1. The zero-order valence-electron chi connectivity index (χ0n) is 21.2. The first-order chi connectivity index (χ1) is 17.4. The minimum absolute atomic E-state index is 0.0760. The van der Waals surface area contributed by atoms with E-state index in [0.29, 0.717) is 41.6 Å². The number of ether oxygens (including phenoxy) is 2. The van der Waals surface area contributed by atoms with E-state index in [4.69, 9.17) is 21.1 Å². The molecule has 0 radical (unpaired) electrons. The molecule has 2 fully saturated rings. The molecule has 5 rings (SSSR count). The molecule has 1 amide bonds. The Balaban J connectivity index is 1.33. The number of aryl methyl sites for hydroxylation is 1. The van der Waals surface area contributed by atoms with Gasteiger partial charge in [0.1, 0.15) is 0 Å². The van der Waals surface area contributed by atoms with Crippen LogP contribution < -0.4 is 14.8 Å². The van der Waals surface area contributed by atoms with Crippen molar-refractivity contribution in [3.8, 4) is 11.5 Å². The predicted molar refractivity (Wildman–Crippen MR) is 141 cm³/mol. The first-order valence-corrected chi connectivity index (χ1v) is 13.8. The summed E-state index contributed by atoms with van der Waals surface area (Å²) in [6.07, 6.45) is 7.12. The van der Waals surface area contributed by atoms with E-state index in [1.54, 1.807) is 7.11 Å². The van der Waals surface area contributed by atoms with E-state index in [9.17, 15) is 9.59 Å². The SMILES string of the molecule is COc1cc2c(cc1OC(=O)Cc1ccccc1)CCC1C2CC[C@@]2(C)C1CC[C@@H]2NC(=O)CCCl. The number of amides is 1. The summed E-state index contributed by atoms with van der Waals surface area (Å²) < 4.78 is 11.5. The van der Waals surface area contributed by atoms with Crippen molar-refractivity contribution < 1.29 is 19.1 Å². The lowest BCUT2D eigenvalue weighted by Crippen LogP contribution is -2.50. The maximum Gasteiger partial charge on any atom is 0.315 e. The van der Waals surface area contributed by atoms with Crippen LogP contribution in [-0.4, -0.2) is 30.9 Å². The third-order valence-corrected chi connectivity index (χ3v) is 9.27.